The summed E-state index contributed by atoms with van der Waals surface area (Å²) < 4.78 is 13.6. The van der Waals surface area contributed by atoms with Gasteiger partial charge in [0.1, 0.15) is 5.82 Å². The lowest BCUT2D eigenvalue weighted by molar-refractivity contribution is 0.102. The average Bonchev–Trinajstić information content (AvgIpc) is 2.35. The van der Waals surface area contributed by atoms with Gasteiger partial charge in [-0.15, -0.1) is 0 Å². The Morgan fingerprint density at radius 3 is 2.68 bits per heavy atom. The molecular formula is C13H9BrClFN2O. The molecule has 2 aromatic rings. The van der Waals surface area contributed by atoms with E-state index in [-0.39, 0.29) is 5.69 Å². The van der Waals surface area contributed by atoms with Gasteiger partial charge in [0.05, 0.1) is 22.0 Å². The summed E-state index contributed by atoms with van der Waals surface area (Å²) in [5.74, 6) is -0.874. The quantitative estimate of drug-likeness (QED) is 0.807. The summed E-state index contributed by atoms with van der Waals surface area (Å²) in [6, 6.07) is 8.68. The van der Waals surface area contributed by atoms with E-state index >= 15 is 0 Å². The molecule has 3 nitrogen and oxygen atoms in total. The lowest BCUT2D eigenvalue weighted by atomic mass is 10.2. The molecule has 0 heterocycles. The first-order chi connectivity index (χ1) is 8.97. The monoisotopic (exact) mass is 342 g/mol. The van der Waals surface area contributed by atoms with E-state index in [1.54, 1.807) is 18.2 Å². The number of halogens is 3. The molecule has 3 N–H and O–H groups in total. The van der Waals surface area contributed by atoms with Crippen LogP contribution in [-0.2, 0) is 0 Å². The number of benzene rings is 2. The van der Waals surface area contributed by atoms with Crippen LogP contribution >= 0.6 is 27.5 Å². The van der Waals surface area contributed by atoms with Gasteiger partial charge in [-0.1, -0.05) is 27.5 Å². The topological polar surface area (TPSA) is 55.1 Å². The molecule has 0 aliphatic heterocycles. The molecule has 0 aliphatic rings. The average molecular weight is 344 g/mol. The summed E-state index contributed by atoms with van der Waals surface area (Å²) in [4.78, 5) is 12.1. The van der Waals surface area contributed by atoms with Crippen molar-refractivity contribution in [2.45, 2.75) is 0 Å². The van der Waals surface area contributed by atoms with Crippen LogP contribution in [0.5, 0.6) is 0 Å². The van der Waals surface area contributed by atoms with Crippen LogP contribution in [0.4, 0.5) is 15.8 Å². The van der Waals surface area contributed by atoms with Crippen LogP contribution in [0.2, 0.25) is 5.02 Å². The molecule has 0 fully saturated rings. The van der Waals surface area contributed by atoms with E-state index in [2.05, 4.69) is 21.2 Å². The van der Waals surface area contributed by atoms with Crippen LogP contribution in [0, 0.1) is 5.82 Å². The molecule has 6 heteroatoms. The molecule has 0 radical (unpaired) electrons. The Kier molecular flexibility index (Phi) is 4.07. The summed E-state index contributed by atoms with van der Waals surface area (Å²) >= 11 is 9.21. The largest absolute Gasteiger partial charge is 0.397 e. The van der Waals surface area contributed by atoms with Gasteiger partial charge >= 0.3 is 0 Å². The number of nitrogens with two attached hydrogens (primary N) is 1. The molecule has 0 saturated heterocycles. The summed E-state index contributed by atoms with van der Waals surface area (Å²) in [7, 11) is 0. The SMILES string of the molecule is Nc1cc(F)ccc1NC(=O)c1cc(Br)ccc1Cl. The van der Waals surface area contributed by atoms with Crippen molar-refractivity contribution in [1.82, 2.24) is 0 Å². The number of nitrogen functional groups attached to an aromatic ring is 1. The first-order valence-electron chi connectivity index (χ1n) is 5.29. The standard InChI is InChI=1S/C13H9BrClFN2O/c14-7-1-3-10(15)9(5-7)13(19)18-12-4-2-8(16)6-11(12)17/h1-6H,17H2,(H,18,19). The first-order valence-corrected chi connectivity index (χ1v) is 6.46. The second-order valence-electron chi connectivity index (χ2n) is 3.81. The fourth-order valence-electron chi connectivity index (χ4n) is 1.51. The predicted octanol–water partition coefficient (Wildman–Crippen LogP) is 4.08. The van der Waals surface area contributed by atoms with Gasteiger partial charge in [-0.05, 0) is 36.4 Å². The summed E-state index contributed by atoms with van der Waals surface area (Å²) in [6.07, 6.45) is 0. The van der Waals surface area contributed by atoms with Crippen molar-refractivity contribution >= 4 is 44.8 Å². The zero-order valence-electron chi connectivity index (χ0n) is 9.58. The minimum absolute atomic E-state index is 0.152. The van der Waals surface area contributed by atoms with Crippen molar-refractivity contribution in [3.8, 4) is 0 Å². The van der Waals surface area contributed by atoms with Crippen LogP contribution in [0.15, 0.2) is 40.9 Å². The number of anilines is 2. The molecule has 0 bridgehead atoms. The number of hydrogen-bond acceptors (Lipinski definition) is 2. The molecule has 98 valence electrons. The van der Waals surface area contributed by atoms with E-state index in [1.807, 2.05) is 0 Å². The molecule has 2 rings (SSSR count). The van der Waals surface area contributed by atoms with E-state index < -0.39 is 11.7 Å². The van der Waals surface area contributed by atoms with Gasteiger partial charge in [-0.3, -0.25) is 4.79 Å². The zero-order valence-corrected chi connectivity index (χ0v) is 11.9. The lowest BCUT2D eigenvalue weighted by Gasteiger charge is -2.09. The Morgan fingerprint density at radius 1 is 1.26 bits per heavy atom. The molecule has 0 aliphatic carbocycles. The third kappa shape index (κ3) is 3.24. The molecule has 0 unspecified atom stereocenters. The second kappa shape index (κ2) is 5.59. The summed E-state index contributed by atoms with van der Waals surface area (Å²) in [5, 5.41) is 2.91. The minimum Gasteiger partial charge on any atom is -0.397 e. The molecule has 2 aromatic carbocycles. The van der Waals surface area contributed by atoms with Crippen LogP contribution in [0.25, 0.3) is 0 Å². The van der Waals surface area contributed by atoms with Crippen molar-refractivity contribution in [3.63, 3.8) is 0 Å². The number of rotatable bonds is 2. The highest BCUT2D eigenvalue weighted by atomic mass is 79.9. The predicted molar refractivity (Wildman–Crippen MR) is 77.9 cm³/mol. The van der Waals surface area contributed by atoms with Crippen molar-refractivity contribution in [3.05, 3.63) is 57.3 Å². The van der Waals surface area contributed by atoms with E-state index in [0.717, 1.165) is 10.5 Å². The zero-order chi connectivity index (χ0) is 14.0. The van der Waals surface area contributed by atoms with Crippen LogP contribution in [0.1, 0.15) is 10.4 Å². The maximum absolute atomic E-state index is 12.9. The highest BCUT2D eigenvalue weighted by Gasteiger charge is 2.12. The van der Waals surface area contributed by atoms with Crippen molar-refractivity contribution in [1.29, 1.82) is 0 Å². The Labute approximate surface area is 122 Å². The van der Waals surface area contributed by atoms with Crippen molar-refractivity contribution in [2.24, 2.45) is 0 Å². The summed E-state index contributed by atoms with van der Waals surface area (Å²) in [6.45, 7) is 0. The van der Waals surface area contributed by atoms with Gasteiger partial charge in [0.2, 0.25) is 0 Å². The number of nitrogens with one attached hydrogen (secondary N) is 1. The van der Waals surface area contributed by atoms with E-state index in [0.29, 0.717) is 16.3 Å². The van der Waals surface area contributed by atoms with Gasteiger partial charge < -0.3 is 11.1 Å². The number of carbonyl (C=O) groups excluding carboxylic acids is 1. The fourth-order valence-corrected chi connectivity index (χ4v) is 2.07. The van der Waals surface area contributed by atoms with E-state index in [9.17, 15) is 9.18 Å². The van der Waals surface area contributed by atoms with Gasteiger partial charge in [-0.2, -0.15) is 0 Å². The number of amides is 1. The Morgan fingerprint density at radius 2 is 2.00 bits per heavy atom. The Balaban J connectivity index is 2.28. The van der Waals surface area contributed by atoms with Crippen LogP contribution in [-0.4, -0.2) is 5.91 Å². The smallest absolute Gasteiger partial charge is 0.257 e. The highest BCUT2D eigenvalue weighted by molar-refractivity contribution is 9.10. The molecule has 0 atom stereocenters. The van der Waals surface area contributed by atoms with E-state index in [1.165, 1.54) is 12.1 Å². The van der Waals surface area contributed by atoms with E-state index in [4.69, 9.17) is 17.3 Å². The number of carbonyl (C=O) groups is 1. The fraction of sp³-hybridized carbons (Fsp3) is 0. The normalized spacial score (nSPS) is 10.3. The van der Waals surface area contributed by atoms with Gasteiger partial charge in [0.15, 0.2) is 0 Å². The lowest BCUT2D eigenvalue weighted by Crippen LogP contribution is -2.13. The van der Waals surface area contributed by atoms with Crippen molar-refractivity contribution in [2.75, 3.05) is 11.1 Å². The molecular weight excluding hydrogens is 335 g/mol. The number of hydrogen-bond donors (Lipinski definition) is 2. The van der Waals surface area contributed by atoms with Crippen molar-refractivity contribution < 1.29 is 9.18 Å². The second-order valence-corrected chi connectivity index (χ2v) is 5.13. The van der Waals surface area contributed by atoms with Crippen LogP contribution in [0.3, 0.4) is 0 Å². The van der Waals surface area contributed by atoms with Gasteiger partial charge in [-0.25, -0.2) is 4.39 Å². The van der Waals surface area contributed by atoms with Crippen LogP contribution < -0.4 is 11.1 Å². The summed E-state index contributed by atoms with van der Waals surface area (Å²) in [5.41, 5.74) is 6.41. The third-order valence-corrected chi connectivity index (χ3v) is 3.26. The maximum Gasteiger partial charge on any atom is 0.257 e. The molecule has 1 amide bonds. The minimum atomic E-state index is -0.462. The molecule has 19 heavy (non-hydrogen) atoms. The Hall–Kier alpha value is -1.59. The molecule has 0 aromatic heterocycles. The highest BCUT2D eigenvalue weighted by Crippen LogP contribution is 2.24. The Bertz CT molecular complexity index is 649. The molecule has 0 saturated carbocycles. The molecule has 0 spiro atoms. The third-order valence-electron chi connectivity index (χ3n) is 2.43. The first kappa shape index (κ1) is 13.8. The maximum atomic E-state index is 12.9. The van der Waals surface area contributed by atoms with Gasteiger partial charge in [0, 0.05) is 4.47 Å². The van der Waals surface area contributed by atoms with Gasteiger partial charge in [0.25, 0.3) is 5.91 Å².